The minimum Gasteiger partial charge on any atom is -0.493 e. The lowest BCUT2D eigenvalue weighted by atomic mass is 10.1. The third-order valence-corrected chi connectivity index (χ3v) is 3.31. The topological polar surface area (TPSA) is 73.6 Å². The number of hydrogen-bond acceptors (Lipinski definition) is 4. The molecule has 1 amide bonds. The van der Waals surface area contributed by atoms with Crippen LogP contribution in [-0.2, 0) is 4.79 Å². The maximum Gasteiger partial charge on any atom is 0.224 e. The molecule has 0 aliphatic rings. The van der Waals surface area contributed by atoms with E-state index in [1.807, 2.05) is 32.0 Å². The first-order valence-corrected chi connectivity index (χ1v) is 7.34. The van der Waals surface area contributed by atoms with Crippen molar-refractivity contribution in [3.8, 4) is 11.5 Å². The highest BCUT2D eigenvalue weighted by Crippen LogP contribution is 2.30. The molecule has 0 fully saturated rings. The largest absolute Gasteiger partial charge is 0.493 e. The summed E-state index contributed by atoms with van der Waals surface area (Å²) >= 11 is 0. The Kier molecular flexibility index (Phi) is 7.02. The van der Waals surface area contributed by atoms with E-state index in [-0.39, 0.29) is 17.9 Å². The van der Waals surface area contributed by atoms with E-state index in [4.69, 9.17) is 15.2 Å². The lowest BCUT2D eigenvalue weighted by Crippen LogP contribution is -2.34. The van der Waals surface area contributed by atoms with Crippen LogP contribution in [0.1, 0.15) is 38.8 Å². The van der Waals surface area contributed by atoms with Gasteiger partial charge in [-0.2, -0.15) is 0 Å². The molecule has 0 aromatic heterocycles. The number of amides is 1. The van der Waals surface area contributed by atoms with Crippen LogP contribution in [0.2, 0.25) is 0 Å². The summed E-state index contributed by atoms with van der Waals surface area (Å²) in [7, 11) is 1.61. The Hall–Kier alpha value is -1.75. The predicted octanol–water partition coefficient (Wildman–Crippen LogP) is 2.26. The van der Waals surface area contributed by atoms with Gasteiger partial charge in [0.25, 0.3) is 0 Å². The Balaban J connectivity index is 2.81. The van der Waals surface area contributed by atoms with Crippen LogP contribution >= 0.6 is 0 Å². The van der Waals surface area contributed by atoms with E-state index in [9.17, 15) is 4.79 Å². The minimum absolute atomic E-state index is 0.0460. The van der Waals surface area contributed by atoms with E-state index in [0.717, 1.165) is 17.7 Å². The smallest absolute Gasteiger partial charge is 0.224 e. The normalized spacial score (nSPS) is 13.4. The third kappa shape index (κ3) is 4.93. The summed E-state index contributed by atoms with van der Waals surface area (Å²) < 4.78 is 11.0. The van der Waals surface area contributed by atoms with Gasteiger partial charge in [0.05, 0.1) is 19.8 Å². The molecular formula is C16H26N2O3. The van der Waals surface area contributed by atoms with Gasteiger partial charge >= 0.3 is 0 Å². The Morgan fingerprint density at radius 3 is 2.62 bits per heavy atom. The first-order valence-electron chi connectivity index (χ1n) is 7.34. The van der Waals surface area contributed by atoms with Gasteiger partial charge in [-0.05, 0) is 31.0 Å². The molecule has 0 spiro atoms. The molecule has 0 bridgehead atoms. The van der Waals surface area contributed by atoms with Gasteiger partial charge in [0.15, 0.2) is 11.5 Å². The van der Waals surface area contributed by atoms with Crippen LogP contribution in [0, 0.1) is 5.92 Å². The Morgan fingerprint density at radius 2 is 2.05 bits per heavy atom. The molecule has 2 unspecified atom stereocenters. The lowest BCUT2D eigenvalue weighted by Gasteiger charge is -2.19. The van der Waals surface area contributed by atoms with Crippen LogP contribution in [0.4, 0.5) is 0 Å². The van der Waals surface area contributed by atoms with Crippen LogP contribution in [-0.4, -0.2) is 26.2 Å². The second-order valence-electron chi connectivity index (χ2n) is 5.13. The summed E-state index contributed by atoms with van der Waals surface area (Å²) in [5.41, 5.74) is 6.47. The van der Waals surface area contributed by atoms with Crippen molar-refractivity contribution in [1.82, 2.24) is 5.32 Å². The summed E-state index contributed by atoms with van der Waals surface area (Å²) in [4.78, 5) is 11.9. The molecule has 5 heteroatoms. The fourth-order valence-electron chi connectivity index (χ4n) is 1.83. The summed E-state index contributed by atoms with van der Waals surface area (Å²) in [5.74, 6) is 1.16. The number of hydrogen-bond donors (Lipinski definition) is 2. The Morgan fingerprint density at radius 1 is 1.33 bits per heavy atom. The van der Waals surface area contributed by atoms with Crippen LogP contribution < -0.4 is 20.5 Å². The van der Waals surface area contributed by atoms with E-state index in [1.54, 1.807) is 7.11 Å². The molecule has 0 heterocycles. The maximum absolute atomic E-state index is 11.9. The van der Waals surface area contributed by atoms with Gasteiger partial charge in [0.1, 0.15) is 0 Å². The monoisotopic (exact) mass is 294 g/mol. The van der Waals surface area contributed by atoms with Crippen molar-refractivity contribution in [2.24, 2.45) is 11.7 Å². The lowest BCUT2D eigenvalue weighted by molar-refractivity contribution is -0.124. The molecule has 2 atom stereocenters. The highest BCUT2D eigenvalue weighted by atomic mass is 16.5. The molecule has 0 aliphatic heterocycles. The van der Waals surface area contributed by atoms with Crippen LogP contribution in [0.15, 0.2) is 18.2 Å². The average Bonchev–Trinajstić information content (AvgIpc) is 2.51. The second-order valence-corrected chi connectivity index (χ2v) is 5.13. The zero-order chi connectivity index (χ0) is 15.8. The predicted molar refractivity (Wildman–Crippen MR) is 83.6 cm³/mol. The molecule has 118 valence electrons. The number of rotatable bonds is 8. The number of nitrogens with one attached hydrogen (secondary N) is 1. The standard InChI is InChI=1S/C16H26N2O3/c1-5-8-21-14-7-6-13(9-15(14)20-4)12(3)18-16(19)11(2)10-17/h6-7,9,11-12H,5,8,10,17H2,1-4H3,(H,18,19). The maximum atomic E-state index is 11.9. The minimum atomic E-state index is -0.193. The third-order valence-electron chi connectivity index (χ3n) is 3.31. The van der Waals surface area contributed by atoms with E-state index < -0.39 is 0 Å². The molecule has 0 saturated carbocycles. The van der Waals surface area contributed by atoms with Gasteiger partial charge in [-0.3, -0.25) is 4.79 Å². The molecular weight excluding hydrogens is 268 g/mol. The molecule has 0 radical (unpaired) electrons. The van der Waals surface area contributed by atoms with Gasteiger partial charge in [-0.1, -0.05) is 19.9 Å². The second kappa shape index (κ2) is 8.52. The molecule has 0 saturated heterocycles. The fraction of sp³-hybridized carbons (Fsp3) is 0.562. The Labute approximate surface area is 126 Å². The van der Waals surface area contributed by atoms with Crippen molar-refractivity contribution in [2.75, 3.05) is 20.3 Å². The molecule has 1 rings (SSSR count). The molecule has 1 aromatic rings. The van der Waals surface area contributed by atoms with Gasteiger partial charge in [0, 0.05) is 12.5 Å². The van der Waals surface area contributed by atoms with Crippen molar-refractivity contribution >= 4 is 5.91 Å². The first-order chi connectivity index (χ1) is 10.0. The van der Waals surface area contributed by atoms with E-state index in [2.05, 4.69) is 12.2 Å². The summed E-state index contributed by atoms with van der Waals surface area (Å²) in [6, 6.07) is 5.59. The van der Waals surface area contributed by atoms with Gasteiger partial charge in [-0.15, -0.1) is 0 Å². The number of benzene rings is 1. The summed E-state index contributed by atoms with van der Waals surface area (Å²) in [6.07, 6.45) is 0.939. The van der Waals surface area contributed by atoms with Crippen molar-refractivity contribution < 1.29 is 14.3 Å². The van der Waals surface area contributed by atoms with Crippen molar-refractivity contribution in [2.45, 2.75) is 33.2 Å². The fourth-order valence-corrected chi connectivity index (χ4v) is 1.83. The first kappa shape index (κ1) is 17.3. The number of carbonyl (C=O) groups excluding carboxylic acids is 1. The summed E-state index contributed by atoms with van der Waals surface area (Å²) in [5, 5.41) is 2.95. The van der Waals surface area contributed by atoms with Crippen molar-refractivity contribution in [1.29, 1.82) is 0 Å². The number of nitrogens with two attached hydrogens (primary N) is 1. The summed E-state index contributed by atoms with van der Waals surface area (Å²) in [6.45, 7) is 6.78. The SMILES string of the molecule is CCCOc1ccc(C(C)NC(=O)C(C)CN)cc1OC. The zero-order valence-corrected chi connectivity index (χ0v) is 13.3. The molecule has 3 N–H and O–H groups in total. The Bertz CT molecular complexity index is 463. The van der Waals surface area contributed by atoms with E-state index in [0.29, 0.717) is 18.9 Å². The van der Waals surface area contributed by atoms with Crippen molar-refractivity contribution in [3.05, 3.63) is 23.8 Å². The molecule has 0 aliphatic carbocycles. The van der Waals surface area contributed by atoms with Crippen LogP contribution in [0.3, 0.4) is 0 Å². The number of carbonyl (C=O) groups is 1. The molecule has 5 nitrogen and oxygen atoms in total. The molecule has 1 aromatic carbocycles. The van der Waals surface area contributed by atoms with Crippen molar-refractivity contribution in [3.63, 3.8) is 0 Å². The van der Waals surface area contributed by atoms with E-state index >= 15 is 0 Å². The number of methoxy groups -OCH3 is 1. The van der Waals surface area contributed by atoms with Gasteiger partial charge in [-0.25, -0.2) is 0 Å². The zero-order valence-electron chi connectivity index (χ0n) is 13.3. The molecule has 21 heavy (non-hydrogen) atoms. The average molecular weight is 294 g/mol. The highest BCUT2D eigenvalue weighted by Gasteiger charge is 2.16. The van der Waals surface area contributed by atoms with Gasteiger partial charge < -0.3 is 20.5 Å². The van der Waals surface area contributed by atoms with Crippen LogP contribution in [0.25, 0.3) is 0 Å². The highest BCUT2D eigenvalue weighted by molar-refractivity contribution is 5.78. The quantitative estimate of drug-likeness (QED) is 0.771. The van der Waals surface area contributed by atoms with E-state index in [1.165, 1.54) is 0 Å². The van der Waals surface area contributed by atoms with Crippen LogP contribution in [0.5, 0.6) is 11.5 Å². The van der Waals surface area contributed by atoms with Gasteiger partial charge in [0.2, 0.25) is 5.91 Å². The number of ether oxygens (including phenoxy) is 2.